The van der Waals surface area contributed by atoms with Gasteiger partial charge in [0.1, 0.15) is 4.61 Å². The van der Waals surface area contributed by atoms with Crippen LogP contribution < -0.4 is 5.01 Å². The van der Waals surface area contributed by atoms with Crippen molar-refractivity contribution >= 4 is 27.6 Å². The average Bonchev–Trinajstić information content (AvgIpc) is 2.71. The number of carboxylic acids is 1. The molecule has 0 spiro atoms. The first-order chi connectivity index (χ1) is 9.11. The largest absolute Gasteiger partial charge is 0.480 e. The van der Waals surface area contributed by atoms with Gasteiger partial charge in [-0.15, -0.1) is 0 Å². The van der Waals surface area contributed by atoms with Crippen molar-refractivity contribution in [3.63, 3.8) is 0 Å². The first-order valence-electron chi connectivity index (χ1n) is 5.95. The van der Waals surface area contributed by atoms with Crippen LogP contribution >= 0.6 is 15.9 Å². The lowest BCUT2D eigenvalue weighted by molar-refractivity contribution is -0.141. The highest BCUT2D eigenvalue weighted by Gasteiger charge is 2.41. The monoisotopic (exact) mass is 326 g/mol. The normalized spacial score (nSPS) is 20.2. The second-order valence-electron chi connectivity index (χ2n) is 4.12. The van der Waals surface area contributed by atoms with E-state index >= 15 is 0 Å². The van der Waals surface area contributed by atoms with E-state index < -0.39 is 12.0 Å². The van der Waals surface area contributed by atoms with Crippen LogP contribution in [0.5, 0.6) is 0 Å². The van der Waals surface area contributed by atoms with E-state index in [4.69, 9.17) is 0 Å². The third-order valence-electron chi connectivity index (χ3n) is 3.06. The smallest absolute Gasteiger partial charge is 0.327 e. The summed E-state index contributed by atoms with van der Waals surface area (Å²) in [7, 11) is 0. The number of carbonyl (C=O) groups is 1. The number of aliphatic hydroxyl groups is 1. The number of nitrogens with zero attached hydrogens (tertiary/aromatic N) is 2. The first kappa shape index (κ1) is 14.0. The van der Waals surface area contributed by atoms with Gasteiger partial charge in [-0.05, 0) is 28.1 Å². The quantitative estimate of drug-likeness (QED) is 0.826. The van der Waals surface area contributed by atoms with Crippen LogP contribution in [0, 0.1) is 0 Å². The van der Waals surface area contributed by atoms with Gasteiger partial charge in [-0.1, -0.05) is 25.1 Å². The van der Waals surface area contributed by atoms with Crippen LogP contribution in [0.4, 0.5) is 5.69 Å². The van der Waals surface area contributed by atoms with Crippen LogP contribution in [-0.2, 0) is 4.79 Å². The van der Waals surface area contributed by atoms with Crippen molar-refractivity contribution < 1.29 is 15.0 Å². The van der Waals surface area contributed by atoms with Gasteiger partial charge in [0.25, 0.3) is 0 Å². The van der Waals surface area contributed by atoms with Crippen molar-refractivity contribution in [2.24, 2.45) is 0 Å². The number of halogens is 1. The lowest BCUT2D eigenvalue weighted by Crippen LogP contribution is -2.46. The Hall–Kier alpha value is -1.37. The maximum absolute atomic E-state index is 11.4. The van der Waals surface area contributed by atoms with Crippen LogP contribution in [0.3, 0.4) is 0 Å². The van der Waals surface area contributed by atoms with Crippen molar-refractivity contribution in [2.75, 3.05) is 18.2 Å². The number of aliphatic carboxylic acids is 1. The minimum absolute atomic E-state index is 0.294. The highest BCUT2D eigenvalue weighted by Crippen LogP contribution is 2.36. The topological polar surface area (TPSA) is 64.0 Å². The number of hydrogen-bond donors (Lipinski definition) is 2. The number of aliphatic hydroxyl groups excluding tert-OH is 1. The zero-order valence-electron chi connectivity index (χ0n) is 10.5. The summed E-state index contributed by atoms with van der Waals surface area (Å²) in [6.07, 6.45) is 0. The maximum Gasteiger partial charge on any atom is 0.327 e. The number of carboxylic acid groups (broad SMARTS) is 1. The van der Waals surface area contributed by atoms with E-state index in [-0.39, 0.29) is 6.61 Å². The molecule has 0 saturated carbocycles. The Morgan fingerprint density at radius 1 is 1.37 bits per heavy atom. The Bertz CT molecular complexity index is 504. The molecule has 1 atom stereocenters. The van der Waals surface area contributed by atoms with Crippen LogP contribution in [-0.4, -0.2) is 40.4 Å². The van der Waals surface area contributed by atoms with Crippen molar-refractivity contribution in [1.82, 2.24) is 5.01 Å². The maximum atomic E-state index is 11.4. The van der Waals surface area contributed by atoms with Gasteiger partial charge in [0.05, 0.1) is 12.3 Å². The van der Waals surface area contributed by atoms with E-state index in [2.05, 4.69) is 15.9 Å². The number of benzene rings is 1. The molecule has 1 aliphatic heterocycles. The molecule has 1 aromatic rings. The van der Waals surface area contributed by atoms with Gasteiger partial charge in [0, 0.05) is 12.1 Å². The molecule has 1 aromatic carbocycles. The van der Waals surface area contributed by atoms with E-state index in [1.54, 1.807) is 10.0 Å². The fourth-order valence-electron chi connectivity index (χ4n) is 2.24. The fraction of sp³-hybridized carbons (Fsp3) is 0.308. The third-order valence-corrected chi connectivity index (χ3v) is 3.91. The second kappa shape index (κ2) is 5.73. The molecule has 6 heteroatoms. The summed E-state index contributed by atoms with van der Waals surface area (Å²) < 4.78 is 0.593. The zero-order chi connectivity index (χ0) is 14.0. The summed E-state index contributed by atoms with van der Waals surface area (Å²) >= 11 is 3.40. The molecule has 5 nitrogen and oxygen atoms in total. The van der Waals surface area contributed by atoms with Gasteiger partial charge >= 0.3 is 5.97 Å². The summed E-state index contributed by atoms with van der Waals surface area (Å²) in [6, 6.07) is 8.61. The molecule has 0 bridgehead atoms. The Balaban J connectivity index is 2.49. The summed E-state index contributed by atoms with van der Waals surface area (Å²) in [5, 5.41) is 22.3. The Morgan fingerprint density at radius 3 is 2.47 bits per heavy atom. The van der Waals surface area contributed by atoms with E-state index in [0.717, 1.165) is 5.69 Å². The number of likely N-dealkylation sites (N-methyl/N-ethyl adjacent to an activating group) is 1. The Kier molecular flexibility index (Phi) is 4.24. The van der Waals surface area contributed by atoms with E-state index in [1.165, 1.54) is 0 Å². The number of hydrogen-bond acceptors (Lipinski definition) is 4. The molecule has 1 heterocycles. The van der Waals surface area contributed by atoms with E-state index in [0.29, 0.717) is 16.7 Å². The SMILES string of the molecule is CCN1C(C(=O)O)C(CO)=C(Br)N1c1ccccc1. The molecule has 1 unspecified atom stereocenters. The molecule has 0 radical (unpaired) electrons. The van der Waals surface area contributed by atoms with Gasteiger partial charge in [-0.3, -0.25) is 9.80 Å². The van der Waals surface area contributed by atoms with Gasteiger partial charge in [-0.2, -0.15) is 5.01 Å². The molecule has 0 fully saturated rings. The summed E-state index contributed by atoms with van der Waals surface area (Å²) in [4.78, 5) is 11.4. The molecule has 2 rings (SSSR count). The Morgan fingerprint density at radius 2 is 2.00 bits per heavy atom. The molecule has 0 aromatic heterocycles. The number of anilines is 1. The molecular formula is C13H15BrN2O3. The van der Waals surface area contributed by atoms with E-state index in [9.17, 15) is 15.0 Å². The third kappa shape index (κ3) is 2.39. The standard InChI is InChI=1S/C13H15BrN2O3/c1-2-15-11(13(18)19)10(8-17)12(14)16(15)9-6-4-3-5-7-9/h3-7,11,17H,2,8H2,1H3,(H,18,19). The van der Waals surface area contributed by atoms with Crippen molar-refractivity contribution in [3.05, 3.63) is 40.5 Å². The van der Waals surface area contributed by atoms with Gasteiger partial charge in [0.15, 0.2) is 6.04 Å². The summed E-state index contributed by atoms with van der Waals surface area (Å²) in [5.41, 5.74) is 1.31. The number of para-hydroxylation sites is 1. The fourth-order valence-corrected chi connectivity index (χ4v) is 2.99. The van der Waals surface area contributed by atoms with E-state index in [1.807, 2.05) is 37.3 Å². The molecule has 102 valence electrons. The predicted octanol–water partition coefficient (Wildman–Crippen LogP) is 1.80. The van der Waals surface area contributed by atoms with Crippen molar-refractivity contribution in [3.8, 4) is 0 Å². The molecule has 0 saturated heterocycles. The zero-order valence-corrected chi connectivity index (χ0v) is 12.0. The Labute approximate surface area is 119 Å². The lowest BCUT2D eigenvalue weighted by Gasteiger charge is -2.32. The first-order valence-corrected chi connectivity index (χ1v) is 6.75. The van der Waals surface area contributed by atoms with Crippen molar-refractivity contribution in [1.29, 1.82) is 0 Å². The van der Waals surface area contributed by atoms with Crippen LogP contribution in [0.1, 0.15) is 6.92 Å². The minimum Gasteiger partial charge on any atom is -0.480 e. The van der Waals surface area contributed by atoms with Crippen molar-refractivity contribution in [2.45, 2.75) is 13.0 Å². The van der Waals surface area contributed by atoms with Gasteiger partial charge in [-0.25, -0.2) is 0 Å². The van der Waals surface area contributed by atoms with Crippen LogP contribution in [0.2, 0.25) is 0 Å². The van der Waals surface area contributed by atoms with Gasteiger partial charge < -0.3 is 10.2 Å². The lowest BCUT2D eigenvalue weighted by atomic mass is 10.1. The van der Waals surface area contributed by atoms with Gasteiger partial charge in [0.2, 0.25) is 0 Å². The van der Waals surface area contributed by atoms with Crippen LogP contribution in [0.25, 0.3) is 0 Å². The molecule has 2 N–H and O–H groups in total. The van der Waals surface area contributed by atoms with Crippen LogP contribution in [0.15, 0.2) is 40.5 Å². The number of hydrazine groups is 1. The molecule has 19 heavy (non-hydrogen) atoms. The molecule has 1 aliphatic rings. The molecule has 0 amide bonds. The minimum atomic E-state index is -0.971. The summed E-state index contributed by atoms with van der Waals surface area (Å²) in [5.74, 6) is -0.971. The molecule has 0 aliphatic carbocycles. The average molecular weight is 327 g/mol. The second-order valence-corrected chi connectivity index (χ2v) is 4.87. The highest BCUT2D eigenvalue weighted by molar-refractivity contribution is 9.11. The highest BCUT2D eigenvalue weighted by atomic mass is 79.9. The number of rotatable bonds is 4. The molecular weight excluding hydrogens is 312 g/mol. The predicted molar refractivity (Wildman–Crippen MR) is 75.8 cm³/mol. The summed E-state index contributed by atoms with van der Waals surface area (Å²) in [6.45, 7) is 2.11.